The Bertz CT molecular complexity index is 340. The van der Waals surface area contributed by atoms with Crippen molar-refractivity contribution < 1.29 is 19.4 Å². The summed E-state index contributed by atoms with van der Waals surface area (Å²) in [5.41, 5.74) is -0.0757. The van der Waals surface area contributed by atoms with E-state index in [1.807, 2.05) is 0 Å². The van der Waals surface area contributed by atoms with Gasteiger partial charge in [0.2, 0.25) is 6.17 Å². The zero-order valence-electron chi connectivity index (χ0n) is 6.37. The zero-order valence-corrected chi connectivity index (χ0v) is 7.95. The summed E-state index contributed by atoms with van der Waals surface area (Å²) in [6.07, 6.45) is -2.10. The number of alkyl halides is 1. The summed E-state index contributed by atoms with van der Waals surface area (Å²) in [7, 11) is 0. The van der Waals surface area contributed by atoms with E-state index < -0.39 is 12.1 Å². The number of rotatable bonds is 2. The van der Waals surface area contributed by atoms with Gasteiger partial charge in [0.25, 0.3) is 0 Å². The maximum atomic E-state index is 12.8. The van der Waals surface area contributed by atoms with E-state index in [0.29, 0.717) is 4.47 Å². The molecule has 70 valence electrons. The Morgan fingerprint density at radius 2 is 2.15 bits per heavy atom. The van der Waals surface area contributed by atoms with Crippen LogP contribution in [-0.2, 0) is 4.79 Å². The maximum Gasteiger partial charge on any atom is 0.343 e. The monoisotopic (exact) mass is 248 g/mol. The van der Waals surface area contributed by atoms with Gasteiger partial charge in [-0.25, -0.2) is 9.18 Å². The second kappa shape index (κ2) is 3.74. The molecule has 0 spiro atoms. The van der Waals surface area contributed by atoms with E-state index in [0.717, 1.165) is 6.07 Å². The van der Waals surface area contributed by atoms with Gasteiger partial charge in [-0.3, -0.25) is 0 Å². The van der Waals surface area contributed by atoms with Crippen LogP contribution < -0.4 is 0 Å². The minimum Gasteiger partial charge on any atom is -0.507 e. The van der Waals surface area contributed by atoms with Crippen molar-refractivity contribution in [2.45, 2.75) is 6.17 Å². The van der Waals surface area contributed by atoms with Gasteiger partial charge in [0, 0.05) is 5.56 Å². The van der Waals surface area contributed by atoms with Gasteiger partial charge in [-0.1, -0.05) is 6.07 Å². The molecule has 5 heteroatoms. The van der Waals surface area contributed by atoms with Gasteiger partial charge in [-0.2, -0.15) is 0 Å². The van der Waals surface area contributed by atoms with Crippen LogP contribution in [0.4, 0.5) is 4.39 Å². The quantitative estimate of drug-likeness (QED) is 0.845. The molecule has 0 aliphatic rings. The molecular formula is C8H6BrFO3. The van der Waals surface area contributed by atoms with Gasteiger partial charge in [0.1, 0.15) is 5.75 Å². The van der Waals surface area contributed by atoms with E-state index in [2.05, 4.69) is 15.9 Å². The number of phenols is 1. The molecular weight excluding hydrogens is 243 g/mol. The molecule has 0 aromatic heterocycles. The lowest BCUT2D eigenvalue weighted by Crippen LogP contribution is -2.05. The largest absolute Gasteiger partial charge is 0.507 e. The summed E-state index contributed by atoms with van der Waals surface area (Å²) in [5, 5.41) is 17.5. The summed E-state index contributed by atoms with van der Waals surface area (Å²) in [4.78, 5) is 10.2. The van der Waals surface area contributed by atoms with Crippen LogP contribution in [0.25, 0.3) is 0 Å². The van der Waals surface area contributed by atoms with Crippen LogP contribution in [-0.4, -0.2) is 16.2 Å². The summed E-state index contributed by atoms with van der Waals surface area (Å²) in [5.74, 6) is -1.75. The summed E-state index contributed by atoms with van der Waals surface area (Å²) in [6, 6.07) is 3.76. The number of phenolic OH excluding ortho intramolecular Hbond substituents is 1. The first-order chi connectivity index (χ1) is 6.02. The van der Waals surface area contributed by atoms with Crippen LogP contribution in [0.1, 0.15) is 11.7 Å². The van der Waals surface area contributed by atoms with Crippen molar-refractivity contribution in [3.63, 3.8) is 0 Å². The average molecular weight is 249 g/mol. The smallest absolute Gasteiger partial charge is 0.343 e. The lowest BCUT2D eigenvalue weighted by Gasteiger charge is -2.04. The molecule has 0 heterocycles. The first kappa shape index (κ1) is 9.98. The van der Waals surface area contributed by atoms with Crippen molar-refractivity contribution in [3.05, 3.63) is 28.2 Å². The summed E-state index contributed by atoms with van der Waals surface area (Å²) in [6.45, 7) is 0. The van der Waals surface area contributed by atoms with Crippen LogP contribution in [0, 0.1) is 0 Å². The Morgan fingerprint density at radius 3 is 2.62 bits per heavy atom. The second-order valence-electron chi connectivity index (χ2n) is 2.41. The molecule has 1 aromatic rings. The van der Waals surface area contributed by atoms with E-state index >= 15 is 0 Å². The number of carboxylic acids is 1. The highest BCUT2D eigenvalue weighted by atomic mass is 79.9. The Labute approximate surface area is 81.9 Å². The lowest BCUT2D eigenvalue weighted by atomic mass is 10.1. The molecule has 1 aromatic carbocycles. The van der Waals surface area contributed by atoms with Gasteiger partial charge in [-0.05, 0) is 28.1 Å². The van der Waals surface area contributed by atoms with Crippen molar-refractivity contribution in [2.75, 3.05) is 0 Å². The molecule has 0 saturated heterocycles. The van der Waals surface area contributed by atoms with Crippen LogP contribution in [0.3, 0.4) is 0 Å². The fraction of sp³-hybridized carbons (Fsp3) is 0.125. The van der Waals surface area contributed by atoms with Gasteiger partial charge >= 0.3 is 5.97 Å². The zero-order chi connectivity index (χ0) is 10.0. The van der Waals surface area contributed by atoms with Gasteiger partial charge < -0.3 is 10.2 Å². The molecule has 13 heavy (non-hydrogen) atoms. The van der Waals surface area contributed by atoms with E-state index in [1.54, 1.807) is 0 Å². The van der Waals surface area contributed by atoms with Gasteiger partial charge in [0.05, 0.1) is 4.47 Å². The fourth-order valence-electron chi connectivity index (χ4n) is 0.830. The third kappa shape index (κ3) is 2.18. The number of benzene rings is 1. The Balaban J connectivity index is 3.03. The minimum atomic E-state index is -2.10. The molecule has 0 saturated carbocycles. The van der Waals surface area contributed by atoms with Crippen molar-refractivity contribution in [1.82, 2.24) is 0 Å². The molecule has 3 nitrogen and oxygen atoms in total. The third-order valence-corrected chi connectivity index (χ3v) is 2.15. The Kier molecular flexibility index (Phi) is 2.87. The van der Waals surface area contributed by atoms with Gasteiger partial charge in [-0.15, -0.1) is 0 Å². The summed E-state index contributed by atoms with van der Waals surface area (Å²) >= 11 is 3.00. The second-order valence-corrected chi connectivity index (χ2v) is 3.27. The third-order valence-electron chi connectivity index (χ3n) is 1.48. The molecule has 1 unspecified atom stereocenters. The fourth-order valence-corrected chi connectivity index (χ4v) is 1.08. The number of hydrogen-bond acceptors (Lipinski definition) is 2. The van der Waals surface area contributed by atoms with E-state index in [-0.39, 0.29) is 11.3 Å². The van der Waals surface area contributed by atoms with Crippen LogP contribution in [0.5, 0.6) is 5.75 Å². The molecule has 0 aliphatic carbocycles. The molecule has 2 N–H and O–H groups in total. The van der Waals surface area contributed by atoms with E-state index in [4.69, 9.17) is 10.2 Å². The maximum absolute atomic E-state index is 12.8. The summed E-state index contributed by atoms with van der Waals surface area (Å²) < 4.78 is 13.2. The molecule has 0 bridgehead atoms. The van der Waals surface area contributed by atoms with Crippen LogP contribution in [0.2, 0.25) is 0 Å². The predicted octanol–water partition coefficient (Wildman–Crippen LogP) is 2.25. The van der Waals surface area contributed by atoms with Crippen molar-refractivity contribution in [2.24, 2.45) is 0 Å². The normalized spacial score (nSPS) is 12.5. The predicted molar refractivity (Wildman–Crippen MR) is 47.3 cm³/mol. The SMILES string of the molecule is O=C(O)C(F)c1ccc(Br)c(O)c1. The van der Waals surface area contributed by atoms with Crippen molar-refractivity contribution in [3.8, 4) is 5.75 Å². The van der Waals surface area contributed by atoms with Crippen LogP contribution >= 0.6 is 15.9 Å². The molecule has 1 atom stereocenters. The number of aliphatic carboxylic acids is 1. The lowest BCUT2D eigenvalue weighted by molar-refractivity contribution is -0.143. The number of halogens is 2. The highest BCUT2D eigenvalue weighted by Crippen LogP contribution is 2.28. The van der Waals surface area contributed by atoms with Gasteiger partial charge in [0.15, 0.2) is 0 Å². The topological polar surface area (TPSA) is 57.5 Å². The molecule has 0 fully saturated rings. The molecule has 0 amide bonds. The van der Waals surface area contributed by atoms with Crippen LogP contribution in [0.15, 0.2) is 22.7 Å². The first-order valence-corrected chi connectivity index (χ1v) is 4.17. The number of aromatic hydroxyl groups is 1. The first-order valence-electron chi connectivity index (χ1n) is 3.37. The standard InChI is InChI=1S/C8H6BrFO3/c9-5-2-1-4(3-6(5)11)7(10)8(12)13/h1-3,7,11H,(H,12,13). The highest BCUT2D eigenvalue weighted by molar-refractivity contribution is 9.10. The highest BCUT2D eigenvalue weighted by Gasteiger charge is 2.18. The van der Waals surface area contributed by atoms with E-state index in [9.17, 15) is 9.18 Å². The molecule has 0 radical (unpaired) electrons. The van der Waals surface area contributed by atoms with E-state index in [1.165, 1.54) is 12.1 Å². The Hall–Kier alpha value is -1.10. The van der Waals surface area contributed by atoms with Crippen molar-refractivity contribution >= 4 is 21.9 Å². The molecule has 1 rings (SSSR count). The van der Waals surface area contributed by atoms with Crippen molar-refractivity contribution in [1.29, 1.82) is 0 Å². The number of carbonyl (C=O) groups is 1. The molecule has 0 aliphatic heterocycles. The number of carboxylic acid groups (broad SMARTS) is 1. The number of hydrogen-bond donors (Lipinski definition) is 2. The average Bonchev–Trinajstić information content (AvgIpc) is 2.08. The minimum absolute atomic E-state index is 0.0757. The Morgan fingerprint density at radius 1 is 1.54 bits per heavy atom.